The Hall–Kier alpha value is -1.76. The fraction of sp³-hybridized carbons (Fsp3) is 0.565. The number of likely N-dealkylation sites (N-methyl/N-ethyl adjacent to an activating group) is 1. The van der Waals surface area contributed by atoms with Gasteiger partial charge in [0.2, 0.25) is 10.0 Å². The Morgan fingerprint density at radius 3 is 2.24 bits per heavy atom. The van der Waals surface area contributed by atoms with Gasteiger partial charge in [-0.05, 0) is 37.4 Å². The fourth-order valence-electron chi connectivity index (χ4n) is 3.95. The minimum atomic E-state index is -3.30. The minimum absolute atomic E-state index is 0. The third-order valence-corrected chi connectivity index (χ3v) is 7.00. The third-order valence-electron chi connectivity index (χ3n) is 6.04. The van der Waals surface area contributed by atoms with Crippen LogP contribution in [0.5, 0.6) is 5.75 Å². The second-order valence-corrected chi connectivity index (χ2v) is 10.6. The topological polar surface area (TPSA) is 100 Å². The van der Waals surface area contributed by atoms with E-state index in [1.54, 1.807) is 30.5 Å². The summed E-state index contributed by atoms with van der Waals surface area (Å²) in [5, 5.41) is 4.59. The highest BCUT2D eigenvalue weighted by molar-refractivity contribution is 7.92. The molecule has 210 valence electrons. The van der Waals surface area contributed by atoms with E-state index >= 15 is 0 Å². The molecule has 1 aromatic carbocycles. The molecule has 0 aliphatic carbocycles. The molecule has 14 heteroatoms. The van der Waals surface area contributed by atoms with Crippen LogP contribution in [0.15, 0.2) is 35.3 Å². The van der Waals surface area contributed by atoms with Crippen LogP contribution >= 0.6 is 36.4 Å². The highest BCUT2D eigenvalue weighted by Crippen LogP contribution is 2.22. The van der Waals surface area contributed by atoms with Gasteiger partial charge >= 0.3 is 0 Å². The number of ether oxygens (including phenoxy) is 1. The molecule has 1 N–H and O–H groups in total. The first kappa shape index (κ1) is 33.3. The lowest BCUT2D eigenvalue weighted by atomic mass is 10.3. The number of nitrogens with one attached hydrogen (secondary N) is 1. The molecule has 0 spiro atoms. The second-order valence-electron chi connectivity index (χ2n) is 8.47. The highest BCUT2D eigenvalue weighted by Gasteiger charge is 2.21. The van der Waals surface area contributed by atoms with E-state index in [2.05, 4.69) is 38.4 Å². The SMILES string of the molecule is CCN(CC)CCn1ncc(N2CCN(CCOc3ccc(NS(C)(=O)=O)cc3)CC2)c(Cl)c1=O.Cl.Cl. The molecule has 3 rings (SSSR count). The number of aromatic nitrogens is 2. The van der Waals surface area contributed by atoms with Gasteiger partial charge in [-0.2, -0.15) is 5.10 Å². The Bertz CT molecular complexity index is 1120. The number of nitrogens with zero attached hydrogens (tertiary/aromatic N) is 5. The van der Waals surface area contributed by atoms with Crippen molar-refractivity contribution >= 4 is 57.8 Å². The van der Waals surface area contributed by atoms with Crippen molar-refractivity contribution in [2.75, 3.05) is 74.8 Å². The van der Waals surface area contributed by atoms with E-state index in [4.69, 9.17) is 16.3 Å². The van der Waals surface area contributed by atoms with Crippen LogP contribution in [0.2, 0.25) is 5.02 Å². The van der Waals surface area contributed by atoms with Gasteiger partial charge in [0.25, 0.3) is 5.56 Å². The van der Waals surface area contributed by atoms with E-state index in [-0.39, 0.29) is 35.4 Å². The maximum absolute atomic E-state index is 12.7. The zero-order chi connectivity index (χ0) is 25.4. The zero-order valence-electron chi connectivity index (χ0n) is 21.4. The first-order valence-corrected chi connectivity index (χ1v) is 14.1. The van der Waals surface area contributed by atoms with E-state index in [9.17, 15) is 13.2 Å². The molecule has 1 saturated heterocycles. The smallest absolute Gasteiger partial charge is 0.287 e. The van der Waals surface area contributed by atoms with Crippen molar-refractivity contribution in [3.05, 3.63) is 45.8 Å². The minimum Gasteiger partial charge on any atom is -0.492 e. The van der Waals surface area contributed by atoms with Crippen molar-refractivity contribution in [1.29, 1.82) is 0 Å². The number of hydrogen-bond acceptors (Lipinski definition) is 8. The number of anilines is 2. The first-order chi connectivity index (χ1) is 16.7. The maximum atomic E-state index is 12.7. The molecule has 0 bridgehead atoms. The molecular weight excluding hydrogens is 563 g/mol. The molecule has 37 heavy (non-hydrogen) atoms. The van der Waals surface area contributed by atoms with Gasteiger partial charge in [-0.25, -0.2) is 13.1 Å². The summed E-state index contributed by atoms with van der Waals surface area (Å²) in [6.07, 6.45) is 2.82. The van der Waals surface area contributed by atoms with E-state index in [0.29, 0.717) is 30.3 Å². The van der Waals surface area contributed by atoms with Gasteiger partial charge in [0.15, 0.2) is 0 Å². The van der Waals surface area contributed by atoms with Crippen LogP contribution in [0.25, 0.3) is 0 Å². The summed E-state index contributed by atoms with van der Waals surface area (Å²) in [7, 11) is -3.30. The molecule has 1 fully saturated rings. The lowest BCUT2D eigenvalue weighted by Gasteiger charge is -2.36. The van der Waals surface area contributed by atoms with Gasteiger partial charge in [0, 0.05) is 45.0 Å². The number of piperazine rings is 1. The summed E-state index contributed by atoms with van der Waals surface area (Å²) in [6, 6.07) is 6.82. The highest BCUT2D eigenvalue weighted by atomic mass is 35.5. The average Bonchev–Trinajstić information content (AvgIpc) is 2.83. The van der Waals surface area contributed by atoms with Crippen molar-refractivity contribution in [2.45, 2.75) is 20.4 Å². The lowest BCUT2D eigenvalue weighted by Crippen LogP contribution is -2.48. The third kappa shape index (κ3) is 10.1. The molecule has 1 aromatic heterocycles. The molecule has 1 aliphatic rings. The van der Waals surface area contributed by atoms with E-state index in [1.165, 1.54) is 4.68 Å². The van der Waals surface area contributed by atoms with Crippen molar-refractivity contribution < 1.29 is 13.2 Å². The van der Waals surface area contributed by atoms with Crippen LogP contribution in [0, 0.1) is 0 Å². The van der Waals surface area contributed by atoms with Gasteiger partial charge in [0.05, 0.1) is 24.7 Å². The van der Waals surface area contributed by atoms with E-state index in [0.717, 1.165) is 58.6 Å². The number of benzene rings is 1. The zero-order valence-corrected chi connectivity index (χ0v) is 24.6. The normalized spacial score (nSPS) is 14.1. The fourth-order valence-corrected chi connectivity index (χ4v) is 4.78. The second kappa shape index (κ2) is 15.6. The monoisotopic (exact) mass is 598 g/mol. The Balaban J connectivity index is 0.00000342. The summed E-state index contributed by atoms with van der Waals surface area (Å²) in [4.78, 5) is 19.4. The van der Waals surface area contributed by atoms with E-state index in [1.807, 2.05) is 0 Å². The number of sulfonamides is 1. The standard InChI is InChI=1S/C23H35ClN6O4S.2ClH/c1-4-27(5-2)12-15-30-23(31)22(24)21(18-25-30)29-13-10-28(11-14-29)16-17-34-20-8-6-19(7-9-20)26-35(3,32)33;;/h6-9,18,26H,4-5,10-17H2,1-3H3;2*1H. The Labute approximate surface area is 236 Å². The molecule has 0 amide bonds. The summed E-state index contributed by atoms with van der Waals surface area (Å²) in [6.45, 7) is 11.8. The Kier molecular flexibility index (Phi) is 14.0. The molecule has 1 aliphatic heterocycles. The largest absolute Gasteiger partial charge is 0.492 e. The molecule has 2 aromatic rings. The van der Waals surface area contributed by atoms with Crippen LogP contribution in [0.1, 0.15) is 13.8 Å². The molecule has 0 radical (unpaired) electrons. The van der Waals surface area contributed by atoms with E-state index < -0.39 is 10.0 Å². The predicted molar refractivity (Wildman–Crippen MR) is 155 cm³/mol. The molecule has 2 heterocycles. The van der Waals surface area contributed by atoms with Gasteiger partial charge in [0.1, 0.15) is 17.4 Å². The van der Waals surface area contributed by atoms with Crippen LogP contribution in [0.3, 0.4) is 0 Å². The summed E-state index contributed by atoms with van der Waals surface area (Å²) in [5.74, 6) is 0.683. The molecule has 0 saturated carbocycles. The van der Waals surface area contributed by atoms with Crippen LogP contribution in [0.4, 0.5) is 11.4 Å². The van der Waals surface area contributed by atoms with Crippen molar-refractivity contribution in [3.8, 4) is 5.75 Å². The quantitative estimate of drug-likeness (QED) is 0.398. The number of rotatable bonds is 12. The number of hydrogen-bond donors (Lipinski definition) is 1. The predicted octanol–water partition coefficient (Wildman–Crippen LogP) is 2.65. The summed E-state index contributed by atoms with van der Waals surface area (Å²) < 4.78 is 32.2. The van der Waals surface area contributed by atoms with Crippen LogP contribution in [-0.4, -0.2) is 93.2 Å². The first-order valence-electron chi connectivity index (χ1n) is 11.9. The summed E-state index contributed by atoms with van der Waals surface area (Å²) >= 11 is 6.45. The van der Waals surface area contributed by atoms with Crippen molar-refractivity contribution in [1.82, 2.24) is 19.6 Å². The molecule has 10 nitrogen and oxygen atoms in total. The summed E-state index contributed by atoms with van der Waals surface area (Å²) in [5.41, 5.74) is 0.944. The Morgan fingerprint density at radius 2 is 1.68 bits per heavy atom. The van der Waals surface area contributed by atoms with Crippen LogP contribution < -0.4 is 19.9 Å². The van der Waals surface area contributed by atoms with Gasteiger partial charge in [-0.15, -0.1) is 24.8 Å². The molecular formula is C23H37Cl3N6O4S. The van der Waals surface area contributed by atoms with Gasteiger partial charge in [-0.3, -0.25) is 14.4 Å². The van der Waals surface area contributed by atoms with Crippen molar-refractivity contribution in [2.24, 2.45) is 0 Å². The van der Waals surface area contributed by atoms with Gasteiger partial charge in [-0.1, -0.05) is 25.4 Å². The van der Waals surface area contributed by atoms with Crippen molar-refractivity contribution in [3.63, 3.8) is 0 Å². The van der Waals surface area contributed by atoms with Crippen LogP contribution in [-0.2, 0) is 16.6 Å². The lowest BCUT2D eigenvalue weighted by molar-refractivity contribution is 0.200. The number of halogens is 3. The Morgan fingerprint density at radius 1 is 1.05 bits per heavy atom. The maximum Gasteiger partial charge on any atom is 0.287 e. The van der Waals surface area contributed by atoms with Gasteiger partial charge < -0.3 is 14.5 Å². The molecule has 0 atom stereocenters. The average molecular weight is 600 g/mol. The molecule has 0 unspecified atom stereocenters.